The molecular formula is C6H9Br3O2. The van der Waals surface area contributed by atoms with Crippen molar-refractivity contribution in [2.45, 2.75) is 10.6 Å². The third-order valence-electron chi connectivity index (χ3n) is 1.58. The summed E-state index contributed by atoms with van der Waals surface area (Å²) in [5.41, 5.74) is 0. The lowest BCUT2D eigenvalue weighted by molar-refractivity contribution is -0.131. The monoisotopic (exact) mass is 350 g/mol. The van der Waals surface area contributed by atoms with Crippen LogP contribution in [0.4, 0.5) is 0 Å². The third-order valence-corrected chi connectivity index (χ3v) is 4.89. The van der Waals surface area contributed by atoms with Crippen LogP contribution < -0.4 is 0 Å². The molecule has 0 aliphatic carbocycles. The van der Waals surface area contributed by atoms with Crippen LogP contribution in [-0.2, 0) is 9.47 Å². The van der Waals surface area contributed by atoms with Crippen LogP contribution in [-0.4, -0.2) is 34.5 Å². The summed E-state index contributed by atoms with van der Waals surface area (Å²) in [6.07, 6.45) is 0. The summed E-state index contributed by atoms with van der Waals surface area (Å²) >= 11 is 10.2. The van der Waals surface area contributed by atoms with Crippen LogP contribution in [0, 0.1) is 0 Å². The first-order chi connectivity index (χ1) is 5.25. The Bertz CT molecular complexity index is 125. The van der Waals surface area contributed by atoms with E-state index < -0.39 is 5.79 Å². The largest absolute Gasteiger partial charge is 0.346 e. The standard InChI is InChI=1S/C6H9Br3O2/c7-3-5(9)6(4-8)10-1-2-11-6/h5H,1-4H2. The summed E-state index contributed by atoms with van der Waals surface area (Å²) in [4.78, 5) is 0.192. The molecule has 0 aromatic carbocycles. The quantitative estimate of drug-likeness (QED) is 0.726. The molecule has 0 aromatic rings. The van der Waals surface area contributed by atoms with Crippen LogP contribution in [0.2, 0.25) is 0 Å². The summed E-state index contributed by atoms with van der Waals surface area (Å²) in [5, 5.41) is 1.51. The highest BCUT2D eigenvalue weighted by atomic mass is 79.9. The van der Waals surface area contributed by atoms with Crippen molar-refractivity contribution in [3.05, 3.63) is 0 Å². The van der Waals surface area contributed by atoms with Gasteiger partial charge in [0.15, 0.2) is 5.79 Å². The molecule has 1 unspecified atom stereocenters. The third kappa shape index (κ3) is 2.18. The van der Waals surface area contributed by atoms with Gasteiger partial charge in [0.1, 0.15) is 0 Å². The Morgan fingerprint density at radius 2 is 1.82 bits per heavy atom. The number of alkyl halides is 3. The highest BCUT2D eigenvalue weighted by Gasteiger charge is 2.41. The van der Waals surface area contributed by atoms with Crippen LogP contribution in [0.3, 0.4) is 0 Å². The fourth-order valence-corrected chi connectivity index (χ4v) is 3.00. The van der Waals surface area contributed by atoms with E-state index in [9.17, 15) is 0 Å². The van der Waals surface area contributed by atoms with Gasteiger partial charge in [-0.05, 0) is 0 Å². The summed E-state index contributed by atoms with van der Waals surface area (Å²) in [6.45, 7) is 1.36. The Balaban J connectivity index is 2.58. The molecule has 0 spiro atoms. The lowest BCUT2D eigenvalue weighted by Gasteiger charge is -2.28. The molecule has 0 N–H and O–H groups in total. The van der Waals surface area contributed by atoms with Gasteiger partial charge in [0, 0.05) is 5.33 Å². The van der Waals surface area contributed by atoms with Gasteiger partial charge in [0.05, 0.1) is 23.4 Å². The molecule has 2 nitrogen and oxygen atoms in total. The first-order valence-corrected chi connectivity index (χ1v) is 6.45. The molecule has 0 radical (unpaired) electrons. The molecule has 1 heterocycles. The van der Waals surface area contributed by atoms with Crippen molar-refractivity contribution in [2.75, 3.05) is 23.9 Å². The molecule has 0 bridgehead atoms. The second-order valence-electron chi connectivity index (χ2n) is 2.26. The number of rotatable bonds is 3. The van der Waals surface area contributed by atoms with E-state index in [4.69, 9.17) is 9.47 Å². The maximum atomic E-state index is 5.50. The smallest absolute Gasteiger partial charge is 0.191 e. The average molecular weight is 353 g/mol. The van der Waals surface area contributed by atoms with Crippen molar-refractivity contribution in [3.8, 4) is 0 Å². The van der Waals surface area contributed by atoms with Crippen LogP contribution in [0.5, 0.6) is 0 Å². The van der Waals surface area contributed by atoms with E-state index in [2.05, 4.69) is 47.8 Å². The molecule has 1 aliphatic rings. The van der Waals surface area contributed by atoms with Gasteiger partial charge >= 0.3 is 0 Å². The Kier molecular flexibility index (Phi) is 4.32. The maximum absolute atomic E-state index is 5.50. The van der Waals surface area contributed by atoms with E-state index >= 15 is 0 Å². The Morgan fingerprint density at radius 3 is 2.18 bits per heavy atom. The van der Waals surface area contributed by atoms with Gasteiger partial charge in [-0.2, -0.15) is 0 Å². The van der Waals surface area contributed by atoms with E-state index in [0.29, 0.717) is 18.5 Å². The summed E-state index contributed by atoms with van der Waals surface area (Å²) < 4.78 is 11.0. The molecule has 1 atom stereocenters. The van der Waals surface area contributed by atoms with Gasteiger partial charge in [-0.15, -0.1) is 0 Å². The Hall–Kier alpha value is 1.36. The van der Waals surface area contributed by atoms with E-state index in [0.717, 1.165) is 5.33 Å². The number of ether oxygens (including phenoxy) is 2. The molecule has 1 saturated heterocycles. The van der Waals surface area contributed by atoms with E-state index in [-0.39, 0.29) is 4.83 Å². The average Bonchev–Trinajstić information content (AvgIpc) is 2.52. The minimum atomic E-state index is -0.469. The molecule has 0 aromatic heterocycles. The fourth-order valence-electron chi connectivity index (χ4n) is 0.930. The second-order valence-corrected chi connectivity index (χ2v) is 4.58. The Labute approximate surface area is 91.4 Å². The zero-order chi connectivity index (χ0) is 8.32. The summed E-state index contributed by atoms with van der Waals surface area (Å²) in [7, 11) is 0. The molecular weight excluding hydrogens is 344 g/mol. The highest BCUT2D eigenvalue weighted by molar-refractivity contribution is 9.12. The molecule has 5 heteroatoms. The SMILES string of the molecule is BrCC(Br)C1(CBr)OCCO1. The summed E-state index contributed by atoms with van der Waals surface area (Å²) in [5.74, 6) is -0.469. The van der Waals surface area contributed by atoms with E-state index in [1.165, 1.54) is 0 Å². The van der Waals surface area contributed by atoms with Gasteiger partial charge in [-0.3, -0.25) is 0 Å². The van der Waals surface area contributed by atoms with Gasteiger partial charge in [0.2, 0.25) is 0 Å². The van der Waals surface area contributed by atoms with E-state index in [1.54, 1.807) is 0 Å². The normalized spacial score (nSPS) is 25.4. The van der Waals surface area contributed by atoms with Crippen LogP contribution in [0.25, 0.3) is 0 Å². The topological polar surface area (TPSA) is 18.5 Å². The molecule has 1 aliphatic heterocycles. The van der Waals surface area contributed by atoms with Crippen molar-refractivity contribution in [2.24, 2.45) is 0 Å². The van der Waals surface area contributed by atoms with Crippen molar-refractivity contribution in [1.82, 2.24) is 0 Å². The fraction of sp³-hybridized carbons (Fsp3) is 1.00. The minimum Gasteiger partial charge on any atom is -0.346 e. The van der Waals surface area contributed by atoms with Crippen LogP contribution >= 0.6 is 47.8 Å². The van der Waals surface area contributed by atoms with Crippen molar-refractivity contribution in [3.63, 3.8) is 0 Å². The van der Waals surface area contributed by atoms with Gasteiger partial charge < -0.3 is 9.47 Å². The van der Waals surface area contributed by atoms with Crippen LogP contribution in [0.1, 0.15) is 0 Å². The molecule has 11 heavy (non-hydrogen) atoms. The number of halogens is 3. The maximum Gasteiger partial charge on any atom is 0.191 e. The molecule has 1 fully saturated rings. The lowest BCUT2D eigenvalue weighted by atomic mass is 10.2. The van der Waals surface area contributed by atoms with Gasteiger partial charge in [-0.1, -0.05) is 47.8 Å². The predicted octanol–water partition coefficient (Wildman–Crippen LogP) is 2.28. The molecule has 0 saturated carbocycles. The first kappa shape index (κ1) is 10.4. The first-order valence-electron chi connectivity index (χ1n) is 3.29. The highest BCUT2D eigenvalue weighted by Crippen LogP contribution is 2.31. The zero-order valence-electron chi connectivity index (χ0n) is 5.86. The van der Waals surface area contributed by atoms with Crippen molar-refractivity contribution >= 4 is 47.8 Å². The molecule has 0 amide bonds. The number of hydrogen-bond acceptors (Lipinski definition) is 2. The Morgan fingerprint density at radius 1 is 1.27 bits per heavy atom. The zero-order valence-corrected chi connectivity index (χ0v) is 10.6. The van der Waals surface area contributed by atoms with Gasteiger partial charge in [0.25, 0.3) is 0 Å². The second kappa shape index (κ2) is 4.56. The minimum absolute atomic E-state index is 0.192. The molecule has 1 rings (SSSR count). The van der Waals surface area contributed by atoms with Crippen LogP contribution in [0.15, 0.2) is 0 Å². The lowest BCUT2D eigenvalue weighted by Crippen LogP contribution is -2.42. The van der Waals surface area contributed by atoms with Crippen molar-refractivity contribution in [1.29, 1.82) is 0 Å². The van der Waals surface area contributed by atoms with Crippen molar-refractivity contribution < 1.29 is 9.47 Å². The van der Waals surface area contributed by atoms with E-state index in [1.807, 2.05) is 0 Å². The summed E-state index contributed by atoms with van der Waals surface area (Å²) in [6, 6.07) is 0. The van der Waals surface area contributed by atoms with Gasteiger partial charge in [-0.25, -0.2) is 0 Å². The number of hydrogen-bond donors (Lipinski definition) is 0. The molecule has 66 valence electrons. The predicted molar refractivity (Wildman–Crippen MR) is 54.9 cm³/mol.